The number of benzene rings is 1. The monoisotopic (exact) mass is 453 g/mol. The van der Waals surface area contributed by atoms with Crippen LogP contribution in [0.2, 0.25) is 0 Å². The summed E-state index contributed by atoms with van der Waals surface area (Å²) in [5.41, 5.74) is 2.99. The van der Waals surface area contributed by atoms with E-state index in [2.05, 4.69) is 20.3 Å². The Morgan fingerprint density at radius 3 is 2.73 bits per heavy atom. The highest BCUT2D eigenvalue weighted by Crippen LogP contribution is 2.50. The zero-order valence-corrected chi connectivity index (χ0v) is 18.5. The predicted molar refractivity (Wildman–Crippen MR) is 119 cm³/mol. The van der Waals surface area contributed by atoms with E-state index in [1.807, 2.05) is 26.0 Å². The first kappa shape index (κ1) is 20.4. The minimum absolute atomic E-state index is 0.0435. The maximum absolute atomic E-state index is 13.9. The van der Waals surface area contributed by atoms with Gasteiger partial charge >= 0.3 is 0 Å². The molecule has 7 nitrogen and oxygen atoms in total. The second-order valence-electron chi connectivity index (χ2n) is 10.1. The number of nitrogens with one attached hydrogen (secondary N) is 1. The summed E-state index contributed by atoms with van der Waals surface area (Å²) in [5, 5.41) is 7.25. The van der Waals surface area contributed by atoms with Crippen LogP contribution in [0.15, 0.2) is 36.8 Å². The summed E-state index contributed by atoms with van der Waals surface area (Å²) in [5.74, 6) is -2.18. The summed E-state index contributed by atoms with van der Waals surface area (Å²) >= 11 is 0. The van der Waals surface area contributed by atoms with Gasteiger partial charge in [0.25, 0.3) is 5.91 Å². The van der Waals surface area contributed by atoms with Crippen LogP contribution < -0.4 is 15.0 Å². The number of amides is 1. The van der Waals surface area contributed by atoms with Crippen molar-refractivity contribution in [1.82, 2.24) is 14.6 Å². The first-order valence-corrected chi connectivity index (χ1v) is 11.3. The number of rotatable bonds is 3. The summed E-state index contributed by atoms with van der Waals surface area (Å²) in [6, 6.07) is 5.65. The van der Waals surface area contributed by atoms with Gasteiger partial charge in [0.05, 0.1) is 17.6 Å². The molecule has 2 aromatic heterocycles. The van der Waals surface area contributed by atoms with Gasteiger partial charge in [-0.05, 0) is 37.8 Å². The molecule has 0 spiro atoms. The molecule has 1 amide bonds. The number of halogens is 2. The Morgan fingerprint density at radius 1 is 1.21 bits per heavy atom. The average molecular weight is 453 g/mol. The molecule has 6 rings (SSSR count). The van der Waals surface area contributed by atoms with Gasteiger partial charge in [-0.2, -0.15) is 5.10 Å². The lowest BCUT2D eigenvalue weighted by Gasteiger charge is -2.25. The van der Waals surface area contributed by atoms with Crippen molar-refractivity contribution in [2.24, 2.45) is 11.8 Å². The quantitative estimate of drug-likeness (QED) is 0.644. The normalized spacial score (nSPS) is 24.5. The van der Waals surface area contributed by atoms with Gasteiger partial charge in [0.15, 0.2) is 5.65 Å². The topological polar surface area (TPSA) is 71.8 Å². The smallest absolute Gasteiger partial charge is 0.261 e. The highest BCUT2D eigenvalue weighted by Gasteiger charge is 2.50. The molecule has 4 heterocycles. The molecule has 0 unspecified atom stereocenters. The summed E-state index contributed by atoms with van der Waals surface area (Å²) in [7, 11) is 0. The largest absolute Gasteiger partial charge is 0.487 e. The number of carbonyl (C=O) groups is 1. The van der Waals surface area contributed by atoms with Crippen LogP contribution in [-0.2, 0) is 6.42 Å². The van der Waals surface area contributed by atoms with E-state index in [0.29, 0.717) is 30.0 Å². The van der Waals surface area contributed by atoms with Crippen molar-refractivity contribution in [2.45, 2.75) is 44.6 Å². The molecule has 2 atom stereocenters. The van der Waals surface area contributed by atoms with Crippen molar-refractivity contribution < 1.29 is 18.3 Å². The van der Waals surface area contributed by atoms with Crippen LogP contribution in [0.3, 0.4) is 0 Å². The highest BCUT2D eigenvalue weighted by molar-refractivity contribution is 6.09. The molecule has 3 aromatic rings. The summed E-state index contributed by atoms with van der Waals surface area (Å²) in [6.07, 6.45) is 5.43. The molecule has 0 radical (unpaired) electrons. The molecule has 1 aromatic carbocycles. The van der Waals surface area contributed by atoms with E-state index in [1.165, 1.54) is 6.20 Å². The minimum Gasteiger partial charge on any atom is -0.487 e. The van der Waals surface area contributed by atoms with Crippen molar-refractivity contribution in [3.05, 3.63) is 47.9 Å². The number of alkyl halides is 2. The Bertz CT molecular complexity index is 1250. The molecule has 3 aliphatic rings. The molecule has 172 valence electrons. The van der Waals surface area contributed by atoms with Crippen LogP contribution in [0.5, 0.6) is 5.75 Å². The van der Waals surface area contributed by atoms with Gasteiger partial charge in [-0.25, -0.2) is 18.3 Å². The predicted octanol–water partition coefficient (Wildman–Crippen LogP) is 4.18. The number of ether oxygens (including phenoxy) is 1. The molecule has 1 saturated heterocycles. The van der Waals surface area contributed by atoms with Gasteiger partial charge in [0.1, 0.15) is 16.9 Å². The van der Waals surface area contributed by atoms with Gasteiger partial charge < -0.3 is 15.0 Å². The third kappa shape index (κ3) is 3.50. The average Bonchev–Trinajstić information content (AvgIpc) is 3.45. The summed E-state index contributed by atoms with van der Waals surface area (Å²) < 4.78 is 35.5. The van der Waals surface area contributed by atoms with E-state index in [4.69, 9.17) is 4.74 Å². The third-order valence-corrected chi connectivity index (χ3v) is 6.99. The number of carbonyl (C=O) groups excluding carboxylic acids is 1. The van der Waals surface area contributed by atoms with E-state index >= 15 is 0 Å². The fraction of sp³-hybridized carbons (Fsp3) is 0.458. The third-order valence-electron chi connectivity index (χ3n) is 6.99. The summed E-state index contributed by atoms with van der Waals surface area (Å²) in [6.45, 7) is 5.14. The molecular formula is C24H25F2N5O2. The van der Waals surface area contributed by atoms with Gasteiger partial charge in [-0.3, -0.25) is 4.79 Å². The number of anilines is 2. The van der Waals surface area contributed by atoms with Gasteiger partial charge in [0.2, 0.25) is 5.92 Å². The standard InChI is InChI=1S/C24H25F2N5O2/c1-23(2)8-14-6-18(29-22(32)17-11-28-31-5-3-4-27-21(17)31)19(7-20(14)33-23)30-12-15-9-24(25,26)10-16(15)13-30/h3-7,11,15-16H,8-10,12-13H2,1-2H3,(H,29,32)/t15-,16+. The van der Waals surface area contributed by atoms with Gasteiger partial charge in [-0.15, -0.1) is 0 Å². The van der Waals surface area contributed by atoms with Crippen LogP contribution >= 0.6 is 0 Å². The van der Waals surface area contributed by atoms with Crippen LogP contribution in [0.4, 0.5) is 20.2 Å². The zero-order chi connectivity index (χ0) is 23.0. The second-order valence-corrected chi connectivity index (χ2v) is 10.1. The Hall–Kier alpha value is -3.23. The maximum Gasteiger partial charge on any atom is 0.261 e. The van der Waals surface area contributed by atoms with Crippen molar-refractivity contribution in [2.75, 3.05) is 23.3 Å². The SMILES string of the molecule is CC1(C)Cc2cc(NC(=O)c3cnn4cccnc34)c(N3C[C@@H]4CC(F)(F)C[C@@H]4C3)cc2O1. The first-order chi connectivity index (χ1) is 15.7. The lowest BCUT2D eigenvalue weighted by atomic mass is 10.0. The molecule has 2 fully saturated rings. The molecule has 1 saturated carbocycles. The fourth-order valence-electron chi connectivity index (χ4n) is 5.63. The lowest BCUT2D eigenvalue weighted by Crippen LogP contribution is -2.26. The first-order valence-electron chi connectivity index (χ1n) is 11.3. The van der Waals surface area contributed by atoms with Crippen LogP contribution in [0, 0.1) is 11.8 Å². The van der Waals surface area contributed by atoms with Gasteiger partial charge in [0, 0.05) is 56.4 Å². The van der Waals surface area contributed by atoms with Crippen molar-refractivity contribution in [3.63, 3.8) is 0 Å². The number of hydrogen-bond acceptors (Lipinski definition) is 5. The Labute approximate surface area is 189 Å². The highest BCUT2D eigenvalue weighted by atomic mass is 19.3. The van der Waals surface area contributed by atoms with Crippen LogP contribution in [0.1, 0.15) is 42.6 Å². The molecular weight excluding hydrogens is 428 g/mol. The van der Waals surface area contributed by atoms with E-state index in [-0.39, 0.29) is 36.2 Å². The zero-order valence-electron chi connectivity index (χ0n) is 18.5. The van der Waals surface area contributed by atoms with Crippen LogP contribution in [-0.4, -0.2) is 45.1 Å². The minimum atomic E-state index is -2.57. The van der Waals surface area contributed by atoms with E-state index in [9.17, 15) is 13.6 Å². The number of aromatic nitrogens is 3. The Balaban J connectivity index is 1.34. The van der Waals surface area contributed by atoms with Crippen molar-refractivity contribution in [3.8, 4) is 5.75 Å². The number of hydrogen-bond donors (Lipinski definition) is 1. The summed E-state index contributed by atoms with van der Waals surface area (Å²) in [4.78, 5) is 19.6. The van der Waals surface area contributed by atoms with E-state index in [0.717, 1.165) is 23.4 Å². The number of nitrogens with zero attached hydrogens (tertiary/aromatic N) is 4. The molecule has 33 heavy (non-hydrogen) atoms. The Kier molecular flexibility index (Phi) is 4.25. The van der Waals surface area contributed by atoms with E-state index in [1.54, 1.807) is 23.0 Å². The molecule has 9 heteroatoms. The number of fused-ring (bicyclic) bond motifs is 3. The maximum atomic E-state index is 13.9. The fourth-order valence-corrected chi connectivity index (χ4v) is 5.63. The van der Waals surface area contributed by atoms with Crippen molar-refractivity contribution in [1.29, 1.82) is 0 Å². The van der Waals surface area contributed by atoms with Gasteiger partial charge in [-0.1, -0.05) is 0 Å². The molecule has 0 bridgehead atoms. The van der Waals surface area contributed by atoms with E-state index < -0.39 is 5.92 Å². The lowest BCUT2D eigenvalue weighted by molar-refractivity contribution is 0.00173. The molecule has 1 N–H and O–H groups in total. The van der Waals surface area contributed by atoms with Crippen molar-refractivity contribution >= 4 is 22.9 Å². The second kappa shape index (κ2) is 6.88. The molecule has 2 aliphatic heterocycles. The Morgan fingerprint density at radius 2 is 1.97 bits per heavy atom. The van der Waals surface area contributed by atoms with Crippen LogP contribution in [0.25, 0.3) is 5.65 Å². The molecule has 1 aliphatic carbocycles.